The molecule has 2 N–H and O–H groups in total. The number of phenols is 1. The Morgan fingerprint density at radius 3 is 2.71 bits per heavy atom. The molecule has 1 saturated carbocycles. The number of aromatic hydroxyl groups is 1. The third kappa shape index (κ3) is 3.44. The summed E-state index contributed by atoms with van der Waals surface area (Å²) in [4.78, 5) is 2.52. The lowest BCUT2D eigenvalue weighted by atomic mass is 9.98. The summed E-state index contributed by atoms with van der Waals surface area (Å²) in [5, 5.41) is 13.7. The fraction of sp³-hybridized carbons (Fsp3) is 0.625. The molecule has 4 nitrogen and oxygen atoms in total. The van der Waals surface area contributed by atoms with Crippen molar-refractivity contribution in [2.24, 2.45) is 5.92 Å². The van der Waals surface area contributed by atoms with E-state index in [0.29, 0.717) is 16.8 Å². The predicted molar refractivity (Wildman–Crippen MR) is 84.2 cm³/mol. The molecule has 2 fully saturated rings. The Morgan fingerprint density at radius 2 is 2.10 bits per heavy atom. The van der Waals surface area contributed by atoms with Crippen LogP contribution in [0.1, 0.15) is 30.9 Å². The first-order valence-electron chi connectivity index (χ1n) is 7.70. The van der Waals surface area contributed by atoms with E-state index in [-0.39, 0.29) is 5.75 Å². The second-order valence-corrected chi connectivity index (χ2v) is 6.44. The van der Waals surface area contributed by atoms with Gasteiger partial charge in [-0.3, -0.25) is 4.90 Å². The van der Waals surface area contributed by atoms with Crippen LogP contribution in [0.5, 0.6) is 11.5 Å². The Kier molecular flexibility index (Phi) is 4.57. The van der Waals surface area contributed by atoms with Crippen LogP contribution in [0.4, 0.5) is 0 Å². The number of methoxy groups -OCH3 is 1. The summed E-state index contributed by atoms with van der Waals surface area (Å²) >= 11 is 6.17. The van der Waals surface area contributed by atoms with Gasteiger partial charge in [0.05, 0.1) is 12.1 Å². The van der Waals surface area contributed by atoms with Gasteiger partial charge >= 0.3 is 0 Å². The average Bonchev–Trinajstić information content (AvgIpc) is 3.32. The number of benzene rings is 1. The van der Waals surface area contributed by atoms with Crippen LogP contribution in [-0.4, -0.2) is 43.3 Å². The molecule has 0 bridgehead atoms. The average molecular weight is 311 g/mol. The molecule has 0 unspecified atom stereocenters. The SMILES string of the molecule is COc1cc([C@H](CC2CC2)N2CCNCC2)cc(Cl)c1O. The number of nitrogens with one attached hydrogen (secondary N) is 1. The quantitative estimate of drug-likeness (QED) is 0.878. The minimum atomic E-state index is 0.0356. The van der Waals surface area contributed by atoms with Crippen molar-refractivity contribution in [3.63, 3.8) is 0 Å². The maximum Gasteiger partial charge on any atom is 0.176 e. The van der Waals surface area contributed by atoms with Gasteiger partial charge in [0.25, 0.3) is 0 Å². The number of rotatable bonds is 5. The summed E-state index contributed by atoms with van der Waals surface area (Å²) in [6.07, 6.45) is 3.85. The maximum atomic E-state index is 9.93. The van der Waals surface area contributed by atoms with Gasteiger partial charge in [-0.15, -0.1) is 0 Å². The number of nitrogens with zero attached hydrogens (tertiary/aromatic N) is 1. The lowest BCUT2D eigenvalue weighted by Crippen LogP contribution is -2.45. The first-order valence-corrected chi connectivity index (χ1v) is 8.08. The highest BCUT2D eigenvalue weighted by molar-refractivity contribution is 6.32. The van der Waals surface area contributed by atoms with Gasteiger partial charge in [0.2, 0.25) is 0 Å². The van der Waals surface area contributed by atoms with Crippen molar-refractivity contribution in [3.05, 3.63) is 22.7 Å². The van der Waals surface area contributed by atoms with E-state index in [2.05, 4.69) is 10.2 Å². The maximum absolute atomic E-state index is 9.93. The summed E-state index contributed by atoms with van der Waals surface area (Å²) in [5.41, 5.74) is 1.16. The van der Waals surface area contributed by atoms with Crippen LogP contribution in [-0.2, 0) is 0 Å². The van der Waals surface area contributed by atoms with E-state index in [1.807, 2.05) is 12.1 Å². The fourth-order valence-corrected chi connectivity index (χ4v) is 3.32. The van der Waals surface area contributed by atoms with Crippen molar-refractivity contribution in [1.82, 2.24) is 10.2 Å². The molecule has 5 heteroatoms. The zero-order valence-electron chi connectivity index (χ0n) is 12.4. The molecule has 1 atom stereocenters. The highest BCUT2D eigenvalue weighted by atomic mass is 35.5. The van der Waals surface area contributed by atoms with Gasteiger partial charge in [-0.2, -0.15) is 0 Å². The van der Waals surface area contributed by atoms with E-state index in [0.717, 1.165) is 37.7 Å². The second kappa shape index (κ2) is 6.42. The van der Waals surface area contributed by atoms with E-state index in [4.69, 9.17) is 16.3 Å². The third-order valence-electron chi connectivity index (χ3n) is 4.50. The van der Waals surface area contributed by atoms with Gasteiger partial charge < -0.3 is 15.2 Å². The first-order chi connectivity index (χ1) is 10.2. The van der Waals surface area contributed by atoms with E-state index in [1.165, 1.54) is 19.3 Å². The molecule has 0 amide bonds. The van der Waals surface area contributed by atoms with E-state index < -0.39 is 0 Å². The van der Waals surface area contributed by atoms with Crippen LogP contribution < -0.4 is 10.1 Å². The minimum absolute atomic E-state index is 0.0356. The molecule has 0 radical (unpaired) electrons. The molecule has 0 aromatic heterocycles. The van der Waals surface area contributed by atoms with E-state index >= 15 is 0 Å². The number of phenolic OH excluding ortho intramolecular Hbond substituents is 1. The number of piperazine rings is 1. The van der Waals surface area contributed by atoms with Gasteiger partial charge in [0.15, 0.2) is 11.5 Å². The van der Waals surface area contributed by atoms with E-state index in [9.17, 15) is 5.11 Å². The molecule has 1 saturated heterocycles. The van der Waals surface area contributed by atoms with Crippen molar-refractivity contribution >= 4 is 11.6 Å². The first kappa shape index (κ1) is 14.9. The highest BCUT2D eigenvalue weighted by Gasteiger charge is 2.31. The zero-order chi connectivity index (χ0) is 14.8. The van der Waals surface area contributed by atoms with Gasteiger partial charge in [0.1, 0.15) is 0 Å². The lowest BCUT2D eigenvalue weighted by Gasteiger charge is -2.35. The molecular weight excluding hydrogens is 288 g/mol. The molecule has 0 spiro atoms. The topological polar surface area (TPSA) is 44.7 Å². The highest BCUT2D eigenvalue weighted by Crippen LogP contribution is 2.43. The van der Waals surface area contributed by atoms with E-state index in [1.54, 1.807) is 7.11 Å². The summed E-state index contributed by atoms with van der Waals surface area (Å²) < 4.78 is 5.26. The molecule has 2 aliphatic rings. The molecule has 1 aliphatic carbocycles. The summed E-state index contributed by atoms with van der Waals surface area (Å²) in [5.74, 6) is 1.34. The molecule has 1 aromatic carbocycles. The molecule has 3 rings (SSSR count). The van der Waals surface area contributed by atoms with Gasteiger partial charge in [-0.05, 0) is 30.0 Å². The number of hydrogen-bond acceptors (Lipinski definition) is 4. The summed E-state index contributed by atoms with van der Waals surface area (Å²) in [6, 6.07) is 4.21. The summed E-state index contributed by atoms with van der Waals surface area (Å²) in [6.45, 7) is 4.17. The van der Waals surface area contributed by atoms with Crippen LogP contribution in [0.15, 0.2) is 12.1 Å². The van der Waals surface area contributed by atoms with Crippen LogP contribution in [0, 0.1) is 5.92 Å². The Balaban J connectivity index is 1.89. The fourth-order valence-electron chi connectivity index (χ4n) is 3.10. The molecule has 1 aromatic rings. The zero-order valence-corrected chi connectivity index (χ0v) is 13.2. The van der Waals surface area contributed by atoms with Crippen LogP contribution in [0.2, 0.25) is 5.02 Å². The monoisotopic (exact) mass is 310 g/mol. The van der Waals surface area contributed by atoms with Gasteiger partial charge in [-0.25, -0.2) is 0 Å². The van der Waals surface area contributed by atoms with Gasteiger partial charge in [-0.1, -0.05) is 24.4 Å². The van der Waals surface area contributed by atoms with Gasteiger partial charge in [0, 0.05) is 32.2 Å². The number of halogens is 1. The summed E-state index contributed by atoms with van der Waals surface area (Å²) in [7, 11) is 1.57. The van der Waals surface area contributed by atoms with Crippen molar-refractivity contribution in [1.29, 1.82) is 0 Å². The number of ether oxygens (including phenoxy) is 1. The van der Waals surface area contributed by atoms with Crippen LogP contribution >= 0.6 is 11.6 Å². The standard InChI is InChI=1S/C16H23ClN2O2/c1-21-15-10-12(9-13(17)16(15)20)14(8-11-2-3-11)19-6-4-18-5-7-19/h9-11,14,18,20H,2-8H2,1H3/t14-/m0/s1. The Hall–Kier alpha value is -0.970. The Bertz CT molecular complexity index is 499. The third-order valence-corrected chi connectivity index (χ3v) is 4.79. The molecule has 1 heterocycles. The molecular formula is C16H23ClN2O2. The Morgan fingerprint density at radius 1 is 1.38 bits per heavy atom. The van der Waals surface area contributed by atoms with Crippen LogP contribution in [0.25, 0.3) is 0 Å². The molecule has 116 valence electrons. The normalized spacial score (nSPS) is 21.2. The van der Waals surface area contributed by atoms with Crippen molar-refractivity contribution in [3.8, 4) is 11.5 Å². The van der Waals surface area contributed by atoms with Crippen molar-refractivity contribution in [2.45, 2.75) is 25.3 Å². The largest absolute Gasteiger partial charge is 0.503 e. The van der Waals surface area contributed by atoms with Crippen LogP contribution in [0.3, 0.4) is 0 Å². The van der Waals surface area contributed by atoms with Crippen molar-refractivity contribution in [2.75, 3.05) is 33.3 Å². The Labute approximate surface area is 131 Å². The predicted octanol–water partition coefficient (Wildman–Crippen LogP) is 2.80. The minimum Gasteiger partial charge on any atom is -0.503 e. The smallest absolute Gasteiger partial charge is 0.176 e. The molecule has 1 aliphatic heterocycles. The second-order valence-electron chi connectivity index (χ2n) is 6.03. The molecule has 21 heavy (non-hydrogen) atoms. The lowest BCUT2D eigenvalue weighted by molar-refractivity contribution is 0.160. The number of hydrogen-bond donors (Lipinski definition) is 2. The van der Waals surface area contributed by atoms with Crippen molar-refractivity contribution < 1.29 is 9.84 Å².